The van der Waals surface area contributed by atoms with Crippen molar-refractivity contribution < 1.29 is 19.0 Å². The molecule has 0 aromatic heterocycles. The minimum Gasteiger partial charge on any atom is -0.445 e. The molecule has 1 aromatic carbocycles. The van der Waals surface area contributed by atoms with Gasteiger partial charge in [0.1, 0.15) is 6.61 Å². The van der Waals surface area contributed by atoms with Crippen molar-refractivity contribution >= 4 is 6.09 Å². The molecule has 1 aliphatic heterocycles. The smallest absolute Gasteiger partial charge is 0.411 e. The number of benzene rings is 1. The van der Waals surface area contributed by atoms with E-state index in [9.17, 15) is 4.79 Å². The van der Waals surface area contributed by atoms with E-state index in [0.29, 0.717) is 13.2 Å². The first-order valence-electron chi connectivity index (χ1n) is 5.05. The first kappa shape index (κ1) is 10.9. The molecular weight excluding hydrogens is 210 g/mol. The third-order valence-electron chi connectivity index (χ3n) is 2.07. The lowest BCUT2D eigenvalue weighted by Gasteiger charge is -2.11. The van der Waals surface area contributed by atoms with E-state index in [4.69, 9.17) is 14.2 Å². The average molecular weight is 223 g/mol. The van der Waals surface area contributed by atoms with Crippen LogP contribution >= 0.6 is 0 Å². The predicted octanol–water partition coefficient (Wildman–Crippen LogP) is 1.24. The minimum absolute atomic E-state index is 0.236. The first-order valence-corrected chi connectivity index (χ1v) is 5.05. The molecule has 2 rings (SSSR count). The van der Waals surface area contributed by atoms with Crippen LogP contribution in [-0.2, 0) is 20.8 Å². The van der Waals surface area contributed by atoms with Crippen molar-refractivity contribution in [3.8, 4) is 0 Å². The number of rotatable bonds is 3. The Labute approximate surface area is 93.3 Å². The normalized spacial score (nSPS) is 16.0. The maximum atomic E-state index is 11.3. The lowest BCUT2D eigenvalue weighted by Crippen LogP contribution is -2.35. The molecule has 5 nitrogen and oxygen atoms in total. The monoisotopic (exact) mass is 223 g/mol. The summed E-state index contributed by atoms with van der Waals surface area (Å²) in [6.45, 7) is 1.21. The summed E-state index contributed by atoms with van der Waals surface area (Å²) in [5, 5.41) is 2.44. The Morgan fingerprint density at radius 2 is 2.00 bits per heavy atom. The Morgan fingerprint density at radius 3 is 2.69 bits per heavy atom. The van der Waals surface area contributed by atoms with Gasteiger partial charge < -0.3 is 14.2 Å². The van der Waals surface area contributed by atoms with Gasteiger partial charge in [0.2, 0.25) is 6.41 Å². The zero-order valence-corrected chi connectivity index (χ0v) is 8.72. The van der Waals surface area contributed by atoms with Gasteiger partial charge in [-0.1, -0.05) is 30.3 Å². The SMILES string of the molecule is O=C(NC1OCCO1)OCc1ccccc1. The maximum absolute atomic E-state index is 11.3. The number of alkyl carbamates (subject to hydrolysis) is 1. The topological polar surface area (TPSA) is 56.8 Å². The van der Waals surface area contributed by atoms with Gasteiger partial charge in [-0.15, -0.1) is 0 Å². The van der Waals surface area contributed by atoms with Crippen LogP contribution in [-0.4, -0.2) is 25.7 Å². The highest BCUT2D eigenvalue weighted by atomic mass is 16.7. The molecule has 0 unspecified atom stereocenters. The van der Waals surface area contributed by atoms with Crippen LogP contribution < -0.4 is 5.32 Å². The lowest BCUT2D eigenvalue weighted by atomic mass is 10.2. The summed E-state index contributed by atoms with van der Waals surface area (Å²) in [6.07, 6.45) is -1.22. The zero-order valence-electron chi connectivity index (χ0n) is 8.72. The van der Waals surface area contributed by atoms with E-state index < -0.39 is 12.5 Å². The second kappa shape index (κ2) is 5.48. The van der Waals surface area contributed by atoms with Gasteiger partial charge in [0.25, 0.3) is 0 Å². The molecule has 0 saturated carbocycles. The Morgan fingerprint density at radius 1 is 1.31 bits per heavy atom. The van der Waals surface area contributed by atoms with Crippen LogP contribution in [0.15, 0.2) is 30.3 Å². The van der Waals surface area contributed by atoms with Gasteiger partial charge in [-0.2, -0.15) is 0 Å². The van der Waals surface area contributed by atoms with Crippen LogP contribution in [0.3, 0.4) is 0 Å². The summed E-state index contributed by atoms with van der Waals surface area (Å²) >= 11 is 0. The van der Waals surface area contributed by atoms with Crippen molar-refractivity contribution in [2.75, 3.05) is 13.2 Å². The van der Waals surface area contributed by atoms with E-state index in [1.165, 1.54) is 0 Å². The largest absolute Gasteiger partial charge is 0.445 e. The van der Waals surface area contributed by atoms with E-state index in [1.54, 1.807) is 0 Å². The van der Waals surface area contributed by atoms with Crippen LogP contribution in [0.25, 0.3) is 0 Å². The number of carbonyl (C=O) groups is 1. The van der Waals surface area contributed by atoms with E-state index in [1.807, 2.05) is 30.3 Å². The van der Waals surface area contributed by atoms with Gasteiger partial charge in [-0.25, -0.2) is 4.79 Å². The highest BCUT2D eigenvalue weighted by Gasteiger charge is 2.18. The van der Waals surface area contributed by atoms with Gasteiger partial charge in [-0.05, 0) is 5.56 Å². The summed E-state index contributed by atoms with van der Waals surface area (Å²) in [5.74, 6) is 0. The molecule has 5 heteroatoms. The molecule has 1 fully saturated rings. The molecule has 1 saturated heterocycles. The molecule has 0 radical (unpaired) electrons. The molecule has 0 bridgehead atoms. The van der Waals surface area contributed by atoms with E-state index in [-0.39, 0.29) is 6.61 Å². The molecule has 1 heterocycles. The standard InChI is InChI=1S/C11H13NO4/c13-10(12-11-14-6-7-15-11)16-8-9-4-2-1-3-5-9/h1-5,11H,6-8H2,(H,12,13). The average Bonchev–Trinajstić information content (AvgIpc) is 2.81. The fourth-order valence-corrected chi connectivity index (χ4v) is 1.30. The molecule has 0 spiro atoms. The molecule has 1 aliphatic rings. The van der Waals surface area contributed by atoms with E-state index in [2.05, 4.69) is 5.32 Å². The third-order valence-corrected chi connectivity index (χ3v) is 2.07. The Bertz CT molecular complexity index is 335. The summed E-state index contributed by atoms with van der Waals surface area (Å²) < 4.78 is 15.1. The molecule has 86 valence electrons. The Hall–Kier alpha value is -1.59. The van der Waals surface area contributed by atoms with Gasteiger partial charge in [-0.3, -0.25) is 5.32 Å². The first-order chi connectivity index (χ1) is 7.84. The van der Waals surface area contributed by atoms with Crippen LogP contribution in [0, 0.1) is 0 Å². The number of ether oxygens (including phenoxy) is 3. The number of hydrogen-bond donors (Lipinski definition) is 1. The van der Waals surface area contributed by atoms with Crippen molar-refractivity contribution in [1.29, 1.82) is 0 Å². The second-order valence-electron chi connectivity index (χ2n) is 3.28. The number of amides is 1. The predicted molar refractivity (Wildman–Crippen MR) is 55.5 cm³/mol. The zero-order chi connectivity index (χ0) is 11.2. The highest BCUT2D eigenvalue weighted by Crippen LogP contribution is 2.03. The van der Waals surface area contributed by atoms with E-state index in [0.717, 1.165) is 5.56 Å². The summed E-state index contributed by atoms with van der Waals surface area (Å²) in [7, 11) is 0. The Balaban J connectivity index is 1.71. The van der Waals surface area contributed by atoms with Crippen molar-refractivity contribution in [3.63, 3.8) is 0 Å². The number of hydrogen-bond acceptors (Lipinski definition) is 4. The highest BCUT2D eigenvalue weighted by molar-refractivity contribution is 5.67. The maximum Gasteiger partial charge on any atom is 0.411 e. The van der Waals surface area contributed by atoms with Crippen LogP contribution in [0.1, 0.15) is 5.56 Å². The van der Waals surface area contributed by atoms with Crippen molar-refractivity contribution in [3.05, 3.63) is 35.9 Å². The molecule has 1 amide bonds. The molecule has 16 heavy (non-hydrogen) atoms. The number of carbonyl (C=O) groups excluding carboxylic acids is 1. The van der Waals surface area contributed by atoms with E-state index >= 15 is 0 Å². The summed E-state index contributed by atoms with van der Waals surface area (Å²) in [5.41, 5.74) is 0.936. The molecular formula is C11H13NO4. The minimum atomic E-state index is -0.678. The van der Waals surface area contributed by atoms with Gasteiger partial charge in [0, 0.05) is 0 Å². The van der Waals surface area contributed by atoms with Gasteiger partial charge >= 0.3 is 6.09 Å². The fourth-order valence-electron chi connectivity index (χ4n) is 1.30. The van der Waals surface area contributed by atoms with Crippen molar-refractivity contribution in [2.24, 2.45) is 0 Å². The molecule has 1 N–H and O–H groups in total. The lowest BCUT2D eigenvalue weighted by molar-refractivity contribution is -0.0633. The molecule has 1 aromatic rings. The van der Waals surface area contributed by atoms with Crippen molar-refractivity contribution in [1.82, 2.24) is 5.32 Å². The quantitative estimate of drug-likeness (QED) is 0.837. The number of nitrogens with one attached hydrogen (secondary N) is 1. The molecule has 0 aliphatic carbocycles. The van der Waals surface area contributed by atoms with Crippen molar-refractivity contribution in [2.45, 2.75) is 13.0 Å². The third kappa shape index (κ3) is 3.22. The van der Waals surface area contributed by atoms with Crippen LogP contribution in [0.4, 0.5) is 4.79 Å². The summed E-state index contributed by atoms with van der Waals surface area (Å²) in [6, 6.07) is 9.45. The van der Waals surface area contributed by atoms with Crippen LogP contribution in [0.5, 0.6) is 0 Å². The second-order valence-corrected chi connectivity index (χ2v) is 3.28. The Kier molecular flexibility index (Phi) is 3.74. The van der Waals surface area contributed by atoms with Gasteiger partial charge in [0.15, 0.2) is 0 Å². The fraction of sp³-hybridized carbons (Fsp3) is 0.364. The molecule has 0 atom stereocenters. The summed E-state index contributed by atoms with van der Waals surface area (Å²) in [4.78, 5) is 11.3. The van der Waals surface area contributed by atoms with Gasteiger partial charge in [0.05, 0.1) is 13.2 Å². The van der Waals surface area contributed by atoms with Crippen LogP contribution in [0.2, 0.25) is 0 Å².